The highest BCUT2D eigenvalue weighted by Gasteiger charge is 2.15. The molecule has 2 heteroatoms. The molecule has 0 amide bonds. The Balaban J connectivity index is 2.01. The molecule has 0 aromatic rings. The minimum atomic E-state index is 0.688. The minimum absolute atomic E-state index is 0.688. The van der Waals surface area contributed by atoms with Crippen LogP contribution >= 0.6 is 0 Å². The Morgan fingerprint density at radius 2 is 1.81 bits per heavy atom. The van der Waals surface area contributed by atoms with Crippen molar-refractivity contribution in [2.24, 2.45) is 11.8 Å². The van der Waals surface area contributed by atoms with Crippen LogP contribution in [-0.4, -0.2) is 37.6 Å². The molecule has 1 atom stereocenters. The van der Waals surface area contributed by atoms with Gasteiger partial charge in [-0.3, -0.25) is 0 Å². The van der Waals surface area contributed by atoms with E-state index < -0.39 is 0 Å². The summed E-state index contributed by atoms with van der Waals surface area (Å²) in [6.07, 6.45) is 5.81. The number of nitrogens with zero attached hydrogens (tertiary/aromatic N) is 1. The Bertz CT molecular complexity index is 174. The van der Waals surface area contributed by atoms with Crippen LogP contribution in [0.25, 0.3) is 0 Å². The van der Waals surface area contributed by atoms with Gasteiger partial charge in [0.25, 0.3) is 0 Å². The minimum Gasteiger partial charge on any atom is -0.315 e. The maximum Gasteiger partial charge on any atom is 0.0107 e. The molecule has 1 aliphatic carbocycles. The number of nitrogens with one attached hydrogen (secondary N) is 1. The second-order valence-electron chi connectivity index (χ2n) is 5.82. The number of likely N-dealkylation sites (N-methyl/N-ethyl adjacent to an activating group) is 1. The third-order valence-electron chi connectivity index (χ3n) is 4.21. The average Bonchev–Trinajstić information content (AvgIpc) is 2.75. The first kappa shape index (κ1) is 14.0. The Morgan fingerprint density at radius 1 is 1.19 bits per heavy atom. The molecule has 0 heterocycles. The van der Waals surface area contributed by atoms with Crippen LogP contribution in [0.4, 0.5) is 0 Å². The van der Waals surface area contributed by atoms with E-state index in [4.69, 9.17) is 0 Å². The zero-order valence-corrected chi connectivity index (χ0v) is 11.6. The van der Waals surface area contributed by atoms with Crippen molar-refractivity contribution in [1.82, 2.24) is 10.2 Å². The topological polar surface area (TPSA) is 15.3 Å². The summed E-state index contributed by atoms with van der Waals surface area (Å²) in [6, 6.07) is 0.688. The zero-order chi connectivity index (χ0) is 12.0. The van der Waals surface area contributed by atoms with Crippen LogP contribution in [0.3, 0.4) is 0 Å². The normalized spacial score (nSPS) is 19.9. The van der Waals surface area contributed by atoms with Gasteiger partial charge in [-0.2, -0.15) is 0 Å². The molecule has 1 rings (SSSR count). The highest BCUT2D eigenvalue weighted by Crippen LogP contribution is 2.23. The molecule has 0 spiro atoms. The molecular weight excluding hydrogens is 196 g/mol. The smallest absolute Gasteiger partial charge is 0.0107 e. The summed E-state index contributed by atoms with van der Waals surface area (Å²) in [5.41, 5.74) is 0. The molecule has 0 radical (unpaired) electrons. The molecule has 1 fully saturated rings. The summed E-state index contributed by atoms with van der Waals surface area (Å²) in [4.78, 5) is 2.46. The highest BCUT2D eigenvalue weighted by molar-refractivity contribution is 4.71. The van der Waals surface area contributed by atoms with E-state index in [1.165, 1.54) is 38.8 Å². The summed E-state index contributed by atoms with van der Waals surface area (Å²) in [5.74, 6) is 1.72. The number of rotatable bonds is 7. The first-order valence-corrected chi connectivity index (χ1v) is 7.02. The van der Waals surface area contributed by atoms with Gasteiger partial charge in [-0.05, 0) is 45.2 Å². The largest absolute Gasteiger partial charge is 0.315 e. The SMILES string of the molecule is CC(C)C(C)N(C)CCNCC1CCCC1. The van der Waals surface area contributed by atoms with Crippen molar-refractivity contribution in [2.45, 2.75) is 52.5 Å². The van der Waals surface area contributed by atoms with Gasteiger partial charge in [-0.1, -0.05) is 26.7 Å². The van der Waals surface area contributed by atoms with Crippen LogP contribution < -0.4 is 5.32 Å². The predicted octanol–water partition coefficient (Wildman–Crippen LogP) is 2.74. The van der Waals surface area contributed by atoms with E-state index >= 15 is 0 Å². The number of hydrogen-bond acceptors (Lipinski definition) is 2. The molecule has 1 aliphatic rings. The Labute approximate surface area is 102 Å². The molecule has 0 saturated heterocycles. The van der Waals surface area contributed by atoms with Crippen molar-refractivity contribution < 1.29 is 0 Å². The van der Waals surface area contributed by atoms with Crippen LogP contribution in [0.15, 0.2) is 0 Å². The lowest BCUT2D eigenvalue weighted by molar-refractivity contribution is 0.207. The third kappa shape index (κ3) is 4.84. The van der Waals surface area contributed by atoms with Crippen LogP contribution in [0.1, 0.15) is 46.5 Å². The monoisotopic (exact) mass is 226 g/mol. The van der Waals surface area contributed by atoms with Crippen LogP contribution in [-0.2, 0) is 0 Å². The summed E-state index contributed by atoms with van der Waals surface area (Å²) >= 11 is 0. The van der Waals surface area contributed by atoms with E-state index in [-0.39, 0.29) is 0 Å². The number of hydrogen-bond donors (Lipinski definition) is 1. The first-order valence-electron chi connectivity index (χ1n) is 7.02. The summed E-state index contributed by atoms with van der Waals surface area (Å²) < 4.78 is 0. The molecule has 0 aliphatic heterocycles. The molecule has 0 aromatic heterocycles. The van der Waals surface area contributed by atoms with Crippen molar-refractivity contribution in [3.63, 3.8) is 0 Å². The van der Waals surface area contributed by atoms with Gasteiger partial charge in [-0.25, -0.2) is 0 Å². The van der Waals surface area contributed by atoms with Gasteiger partial charge in [0.2, 0.25) is 0 Å². The molecule has 1 unspecified atom stereocenters. The fourth-order valence-corrected chi connectivity index (χ4v) is 2.49. The van der Waals surface area contributed by atoms with Gasteiger partial charge in [-0.15, -0.1) is 0 Å². The quantitative estimate of drug-likeness (QED) is 0.672. The molecular formula is C14H30N2. The molecule has 1 saturated carbocycles. The van der Waals surface area contributed by atoms with Gasteiger partial charge in [0.1, 0.15) is 0 Å². The summed E-state index contributed by atoms with van der Waals surface area (Å²) in [5, 5.41) is 3.61. The van der Waals surface area contributed by atoms with E-state index in [0.717, 1.165) is 18.4 Å². The highest BCUT2D eigenvalue weighted by atomic mass is 15.1. The second kappa shape index (κ2) is 7.29. The third-order valence-corrected chi connectivity index (χ3v) is 4.21. The van der Waals surface area contributed by atoms with Gasteiger partial charge < -0.3 is 10.2 Å². The van der Waals surface area contributed by atoms with E-state index in [9.17, 15) is 0 Å². The Kier molecular flexibility index (Phi) is 6.37. The maximum absolute atomic E-state index is 3.61. The fourth-order valence-electron chi connectivity index (χ4n) is 2.49. The van der Waals surface area contributed by atoms with E-state index in [1.807, 2.05) is 0 Å². The predicted molar refractivity (Wildman–Crippen MR) is 71.8 cm³/mol. The standard InChI is InChI=1S/C14H30N2/c1-12(2)13(3)16(4)10-9-15-11-14-7-5-6-8-14/h12-15H,5-11H2,1-4H3. The van der Waals surface area contributed by atoms with Crippen LogP contribution in [0.5, 0.6) is 0 Å². The van der Waals surface area contributed by atoms with Crippen molar-refractivity contribution >= 4 is 0 Å². The molecule has 96 valence electrons. The van der Waals surface area contributed by atoms with Gasteiger partial charge in [0, 0.05) is 19.1 Å². The molecule has 2 nitrogen and oxygen atoms in total. The van der Waals surface area contributed by atoms with Crippen LogP contribution in [0, 0.1) is 11.8 Å². The maximum atomic E-state index is 3.61. The molecule has 0 bridgehead atoms. The van der Waals surface area contributed by atoms with Crippen LogP contribution in [0.2, 0.25) is 0 Å². The van der Waals surface area contributed by atoms with Crippen molar-refractivity contribution in [3.05, 3.63) is 0 Å². The fraction of sp³-hybridized carbons (Fsp3) is 1.00. The molecule has 1 N–H and O–H groups in total. The van der Waals surface area contributed by atoms with Crippen molar-refractivity contribution in [2.75, 3.05) is 26.7 Å². The summed E-state index contributed by atoms with van der Waals surface area (Å²) in [7, 11) is 2.24. The Morgan fingerprint density at radius 3 is 2.38 bits per heavy atom. The van der Waals surface area contributed by atoms with Gasteiger partial charge in [0.05, 0.1) is 0 Å². The van der Waals surface area contributed by atoms with Crippen molar-refractivity contribution in [1.29, 1.82) is 0 Å². The van der Waals surface area contributed by atoms with E-state index in [1.54, 1.807) is 0 Å². The average molecular weight is 226 g/mol. The lowest BCUT2D eigenvalue weighted by atomic mass is 10.1. The summed E-state index contributed by atoms with van der Waals surface area (Å²) in [6.45, 7) is 10.5. The second-order valence-corrected chi connectivity index (χ2v) is 5.82. The van der Waals surface area contributed by atoms with Gasteiger partial charge >= 0.3 is 0 Å². The lowest BCUT2D eigenvalue weighted by Crippen LogP contribution is -2.38. The van der Waals surface area contributed by atoms with Gasteiger partial charge in [0.15, 0.2) is 0 Å². The lowest BCUT2D eigenvalue weighted by Gasteiger charge is -2.28. The molecule has 0 aromatic carbocycles. The first-order chi connectivity index (χ1) is 7.61. The van der Waals surface area contributed by atoms with Crippen molar-refractivity contribution in [3.8, 4) is 0 Å². The Hall–Kier alpha value is -0.0800. The zero-order valence-electron chi connectivity index (χ0n) is 11.6. The van der Waals surface area contributed by atoms with E-state index in [2.05, 4.69) is 38.0 Å². The van der Waals surface area contributed by atoms with E-state index in [0.29, 0.717) is 6.04 Å². The molecule has 16 heavy (non-hydrogen) atoms.